The third-order valence-electron chi connectivity index (χ3n) is 4.39. The van der Waals surface area contributed by atoms with Gasteiger partial charge < -0.3 is 11.2 Å². The summed E-state index contributed by atoms with van der Waals surface area (Å²) in [5, 5.41) is 5.07. The maximum Gasteiger partial charge on any atom is 0.282 e. The van der Waals surface area contributed by atoms with Crippen molar-refractivity contribution in [2.24, 2.45) is 0 Å². The highest BCUT2D eigenvalue weighted by Gasteiger charge is 2.21. The number of hydrogen-bond acceptors (Lipinski definition) is 6. The van der Waals surface area contributed by atoms with Gasteiger partial charge in [0.25, 0.3) is 5.56 Å². The zero-order valence-corrected chi connectivity index (χ0v) is 17.2. The Bertz CT molecular complexity index is 1220. The van der Waals surface area contributed by atoms with Crippen LogP contribution in [0.3, 0.4) is 0 Å². The molecule has 0 spiro atoms. The Morgan fingerprint density at radius 1 is 1.14 bits per heavy atom. The van der Waals surface area contributed by atoms with Crippen molar-refractivity contribution in [2.45, 2.75) is 17.3 Å². The van der Waals surface area contributed by atoms with Crippen LogP contribution in [0.15, 0.2) is 76.0 Å². The number of amides is 1. The van der Waals surface area contributed by atoms with Crippen molar-refractivity contribution in [3.63, 3.8) is 0 Å². The summed E-state index contributed by atoms with van der Waals surface area (Å²) in [6.45, 7) is 1.75. The number of aromatic nitrogens is 2. The number of anilines is 1. The third-order valence-corrected chi connectivity index (χ3v) is 6.32. The lowest BCUT2D eigenvalue weighted by molar-refractivity contribution is -0.115. The molecule has 0 aliphatic rings. The molecule has 0 saturated heterocycles. The number of thioether (sulfide) groups is 1. The molecule has 0 aliphatic heterocycles. The molecule has 2 aromatic heterocycles. The summed E-state index contributed by atoms with van der Waals surface area (Å²) in [6, 6.07) is 18.9. The van der Waals surface area contributed by atoms with Gasteiger partial charge in [0, 0.05) is 16.6 Å². The number of fused-ring (bicyclic) bond motifs is 1. The second kappa shape index (κ2) is 8.10. The van der Waals surface area contributed by atoms with Crippen LogP contribution in [0.4, 0.5) is 5.69 Å². The normalized spacial score (nSPS) is 12.0. The van der Waals surface area contributed by atoms with Gasteiger partial charge in [-0.15, -0.1) is 11.3 Å². The summed E-state index contributed by atoms with van der Waals surface area (Å²) in [6.07, 6.45) is 0. The predicted molar refractivity (Wildman–Crippen MR) is 120 cm³/mol. The van der Waals surface area contributed by atoms with Gasteiger partial charge in [0.15, 0.2) is 5.16 Å². The van der Waals surface area contributed by atoms with Crippen molar-refractivity contribution in [1.82, 2.24) is 9.66 Å². The lowest BCUT2D eigenvalue weighted by atomic mass is 10.1. The number of rotatable bonds is 5. The summed E-state index contributed by atoms with van der Waals surface area (Å²) < 4.78 is 1.03. The van der Waals surface area contributed by atoms with Gasteiger partial charge >= 0.3 is 0 Å². The van der Waals surface area contributed by atoms with E-state index in [1.165, 1.54) is 11.3 Å². The van der Waals surface area contributed by atoms with E-state index < -0.39 is 5.25 Å². The molecule has 3 N–H and O–H groups in total. The first-order valence-corrected chi connectivity index (χ1v) is 10.7. The Morgan fingerprint density at radius 2 is 1.79 bits per heavy atom. The fraction of sp³-hybridized carbons (Fsp3) is 0.0952. The first kappa shape index (κ1) is 19.2. The largest absolute Gasteiger partial charge is 0.334 e. The number of nitrogen functional groups attached to an aromatic ring is 1. The quantitative estimate of drug-likeness (QED) is 0.289. The first-order chi connectivity index (χ1) is 14.0. The Kier molecular flexibility index (Phi) is 5.37. The average molecular weight is 423 g/mol. The van der Waals surface area contributed by atoms with Gasteiger partial charge in [-0.1, -0.05) is 60.3 Å². The zero-order valence-electron chi connectivity index (χ0n) is 15.5. The second-order valence-corrected chi connectivity index (χ2v) is 8.55. The van der Waals surface area contributed by atoms with E-state index in [4.69, 9.17) is 5.84 Å². The Labute approximate surface area is 175 Å². The van der Waals surface area contributed by atoms with Gasteiger partial charge in [-0.2, -0.15) is 0 Å². The van der Waals surface area contributed by atoms with Crippen LogP contribution in [0.2, 0.25) is 0 Å². The van der Waals surface area contributed by atoms with Crippen LogP contribution in [0, 0.1) is 0 Å². The van der Waals surface area contributed by atoms with E-state index in [9.17, 15) is 9.59 Å². The molecule has 0 aliphatic carbocycles. The van der Waals surface area contributed by atoms with Crippen molar-refractivity contribution in [3.05, 3.63) is 76.4 Å². The molecule has 1 amide bonds. The van der Waals surface area contributed by atoms with Crippen LogP contribution in [-0.4, -0.2) is 20.8 Å². The fourth-order valence-corrected chi connectivity index (χ4v) is 4.69. The zero-order chi connectivity index (χ0) is 20.4. The van der Waals surface area contributed by atoms with E-state index in [0.29, 0.717) is 21.1 Å². The van der Waals surface area contributed by atoms with Crippen LogP contribution in [-0.2, 0) is 4.79 Å². The Balaban J connectivity index is 1.63. The summed E-state index contributed by atoms with van der Waals surface area (Å²) in [5.74, 6) is 5.86. The predicted octanol–water partition coefficient (Wildman–Crippen LogP) is 3.96. The molecule has 146 valence electrons. The summed E-state index contributed by atoms with van der Waals surface area (Å²) in [4.78, 5) is 30.6. The van der Waals surface area contributed by atoms with Crippen LogP contribution in [0.25, 0.3) is 21.3 Å². The van der Waals surface area contributed by atoms with Crippen molar-refractivity contribution in [3.8, 4) is 11.1 Å². The molecule has 0 bridgehead atoms. The van der Waals surface area contributed by atoms with Gasteiger partial charge in [0.05, 0.1) is 10.6 Å². The topological polar surface area (TPSA) is 90.0 Å². The number of nitrogens with two attached hydrogens (primary N) is 1. The smallest absolute Gasteiger partial charge is 0.282 e. The van der Waals surface area contributed by atoms with Gasteiger partial charge in [0.2, 0.25) is 5.91 Å². The van der Waals surface area contributed by atoms with Crippen LogP contribution < -0.4 is 16.7 Å². The molecule has 0 radical (unpaired) electrons. The highest BCUT2D eigenvalue weighted by molar-refractivity contribution is 8.00. The Hall–Kier alpha value is -3.10. The molecule has 1 unspecified atom stereocenters. The van der Waals surface area contributed by atoms with Crippen molar-refractivity contribution < 1.29 is 4.79 Å². The number of nitrogens with one attached hydrogen (secondary N) is 1. The number of carbonyl (C=O) groups is 1. The maximum atomic E-state index is 12.9. The SMILES string of the molecule is CC(Sc1nc2scc(-c3ccccc3)c2c(=O)n1N)C(=O)Nc1ccccc1. The highest BCUT2D eigenvalue weighted by Crippen LogP contribution is 2.32. The molecular formula is C21H18N4O2S2. The van der Waals surface area contributed by atoms with E-state index in [0.717, 1.165) is 27.6 Å². The minimum absolute atomic E-state index is 0.188. The molecule has 2 aromatic carbocycles. The van der Waals surface area contributed by atoms with Crippen LogP contribution in [0.5, 0.6) is 0 Å². The monoisotopic (exact) mass is 422 g/mol. The molecule has 2 heterocycles. The van der Waals surface area contributed by atoms with Gasteiger partial charge in [0.1, 0.15) is 4.83 Å². The first-order valence-electron chi connectivity index (χ1n) is 8.92. The molecule has 4 rings (SSSR count). The molecule has 8 heteroatoms. The van der Waals surface area contributed by atoms with Crippen molar-refractivity contribution >= 4 is 44.9 Å². The maximum absolute atomic E-state index is 12.9. The number of carbonyl (C=O) groups excluding carboxylic acids is 1. The molecule has 4 aromatic rings. The van der Waals surface area contributed by atoms with Crippen LogP contribution >= 0.6 is 23.1 Å². The second-order valence-electron chi connectivity index (χ2n) is 6.38. The summed E-state index contributed by atoms with van der Waals surface area (Å²) in [5.41, 5.74) is 2.14. The van der Waals surface area contributed by atoms with Gasteiger partial charge in [-0.05, 0) is 24.6 Å². The lowest BCUT2D eigenvalue weighted by Gasteiger charge is -2.13. The molecule has 6 nitrogen and oxygen atoms in total. The van der Waals surface area contributed by atoms with E-state index in [1.54, 1.807) is 6.92 Å². The molecule has 0 fully saturated rings. The third kappa shape index (κ3) is 3.90. The van der Waals surface area contributed by atoms with E-state index >= 15 is 0 Å². The minimum Gasteiger partial charge on any atom is -0.334 e. The van der Waals surface area contributed by atoms with Crippen LogP contribution in [0.1, 0.15) is 6.92 Å². The standard InChI is InChI=1S/C21H18N4O2S2/c1-13(18(26)23-15-10-6-3-7-11-15)29-21-24-19-17(20(27)25(21)22)16(12-28-19)14-8-4-2-5-9-14/h2-13H,22H2,1H3,(H,23,26). The number of benzene rings is 2. The molecule has 29 heavy (non-hydrogen) atoms. The highest BCUT2D eigenvalue weighted by atomic mass is 32.2. The van der Waals surface area contributed by atoms with Gasteiger partial charge in [-0.25, -0.2) is 9.66 Å². The molecule has 1 atom stereocenters. The fourth-order valence-electron chi connectivity index (χ4n) is 2.88. The van der Waals surface area contributed by atoms with E-state index in [-0.39, 0.29) is 11.5 Å². The Morgan fingerprint density at radius 3 is 2.48 bits per heavy atom. The van der Waals surface area contributed by atoms with E-state index in [2.05, 4.69) is 10.3 Å². The number of thiophene rings is 1. The summed E-state index contributed by atoms with van der Waals surface area (Å²) >= 11 is 2.54. The van der Waals surface area contributed by atoms with Crippen molar-refractivity contribution in [2.75, 3.05) is 11.2 Å². The number of hydrogen-bond donors (Lipinski definition) is 2. The van der Waals surface area contributed by atoms with E-state index in [1.807, 2.05) is 66.0 Å². The summed E-state index contributed by atoms with van der Waals surface area (Å²) in [7, 11) is 0. The number of nitrogens with zero attached hydrogens (tertiary/aromatic N) is 2. The molecular weight excluding hydrogens is 404 g/mol. The lowest BCUT2D eigenvalue weighted by Crippen LogP contribution is -2.31. The van der Waals surface area contributed by atoms with Crippen molar-refractivity contribution in [1.29, 1.82) is 0 Å². The minimum atomic E-state index is -0.483. The number of para-hydroxylation sites is 1. The van der Waals surface area contributed by atoms with Gasteiger partial charge in [-0.3, -0.25) is 9.59 Å². The average Bonchev–Trinajstić information content (AvgIpc) is 3.17. The molecule has 0 saturated carbocycles.